The fraction of sp³-hybridized carbons (Fsp3) is 0.773. The monoisotopic (exact) mass is 324 g/mol. The average Bonchev–Trinajstić information content (AvgIpc) is 3.36. The molecule has 5 aliphatic rings. The van der Waals surface area contributed by atoms with E-state index in [0.717, 1.165) is 44.4 Å². The van der Waals surface area contributed by atoms with E-state index in [-0.39, 0.29) is 5.41 Å². The largest absolute Gasteiger partial charge is 0.377 e. The summed E-state index contributed by atoms with van der Waals surface area (Å²) in [6.07, 6.45) is 16.4. The van der Waals surface area contributed by atoms with Gasteiger partial charge in [-0.15, -0.1) is 6.42 Å². The first-order chi connectivity index (χ1) is 11.6. The van der Waals surface area contributed by atoms with Crippen LogP contribution in [0, 0.1) is 53.3 Å². The fourth-order valence-electron chi connectivity index (χ4n) is 7.89. The van der Waals surface area contributed by atoms with Crippen molar-refractivity contribution in [3.63, 3.8) is 0 Å². The molecule has 0 aromatic rings. The molecule has 128 valence electrons. The second-order valence-corrected chi connectivity index (χ2v) is 9.19. The summed E-state index contributed by atoms with van der Waals surface area (Å²) in [6.45, 7) is 2.24. The van der Waals surface area contributed by atoms with Gasteiger partial charge < -0.3 is 5.11 Å². The maximum Gasteiger partial charge on any atom is 0.155 e. The maximum absolute atomic E-state index is 11.8. The van der Waals surface area contributed by atoms with Gasteiger partial charge in [0, 0.05) is 17.8 Å². The number of rotatable bonds is 1. The zero-order valence-corrected chi connectivity index (χ0v) is 14.6. The molecule has 8 atom stereocenters. The summed E-state index contributed by atoms with van der Waals surface area (Å²) in [5.74, 6) is 6.93. The number of carbonyl (C=O) groups is 1. The molecule has 5 aliphatic carbocycles. The van der Waals surface area contributed by atoms with Crippen molar-refractivity contribution < 1.29 is 9.90 Å². The first kappa shape index (κ1) is 15.2. The van der Waals surface area contributed by atoms with Crippen LogP contribution >= 0.6 is 0 Å². The van der Waals surface area contributed by atoms with Gasteiger partial charge in [0.15, 0.2) is 5.78 Å². The highest BCUT2D eigenvalue weighted by atomic mass is 16.3. The van der Waals surface area contributed by atoms with Crippen LogP contribution in [-0.4, -0.2) is 16.5 Å². The Kier molecular flexibility index (Phi) is 3.02. The lowest BCUT2D eigenvalue weighted by Gasteiger charge is -2.57. The molecule has 24 heavy (non-hydrogen) atoms. The minimum atomic E-state index is -0.860. The van der Waals surface area contributed by atoms with Crippen molar-refractivity contribution >= 4 is 5.78 Å². The van der Waals surface area contributed by atoms with Crippen molar-refractivity contribution in [3.05, 3.63) is 11.6 Å². The van der Waals surface area contributed by atoms with Crippen LogP contribution in [0.3, 0.4) is 0 Å². The SMILES string of the molecule is C#C[C@]1(O)[C@H]2CC2[C@H]2[C@@H]3CCC4=CC(=O)CC[C@@H]4[C@H]3CC[C@@]21CC. The third-order valence-corrected chi connectivity index (χ3v) is 8.83. The summed E-state index contributed by atoms with van der Waals surface area (Å²) in [4.78, 5) is 11.8. The predicted molar refractivity (Wildman–Crippen MR) is 92.9 cm³/mol. The molecular weight excluding hydrogens is 296 g/mol. The number of allylic oxidation sites excluding steroid dienone is 1. The van der Waals surface area contributed by atoms with Gasteiger partial charge in [0.25, 0.3) is 0 Å². The molecule has 0 heterocycles. The minimum absolute atomic E-state index is 0.0395. The number of ketones is 1. The Bertz CT molecular complexity index is 670. The fourth-order valence-corrected chi connectivity index (χ4v) is 7.89. The van der Waals surface area contributed by atoms with Gasteiger partial charge >= 0.3 is 0 Å². The molecule has 0 bridgehead atoms. The number of carbonyl (C=O) groups excluding carboxylic acids is 1. The molecule has 0 aromatic heterocycles. The Morgan fingerprint density at radius 1 is 1.25 bits per heavy atom. The molecule has 2 nitrogen and oxygen atoms in total. The smallest absolute Gasteiger partial charge is 0.155 e. The molecule has 0 aromatic carbocycles. The first-order valence-corrected chi connectivity index (χ1v) is 9.99. The lowest BCUT2D eigenvalue weighted by atomic mass is 9.48. The Labute approximate surface area is 145 Å². The average molecular weight is 324 g/mol. The van der Waals surface area contributed by atoms with Gasteiger partial charge in [-0.1, -0.05) is 18.4 Å². The molecular formula is C22H28O2. The van der Waals surface area contributed by atoms with E-state index in [1.807, 2.05) is 6.08 Å². The van der Waals surface area contributed by atoms with E-state index in [2.05, 4.69) is 12.8 Å². The highest BCUT2D eigenvalue weighted by Gasteiger charge is 2.76. The van der Waals surface area contributed by atoms with Crippen molar-refractivity contribution in [2.45, 2.75) is 63.9 Å². The molecule has 1 unspecified atom stereocenters. The molecule has 0 amide bonds. The van der Waals surface area contributed by atoms with E-state index in [9.17, 15) is 9.90 Å². The highest BCUT2D eigenvalue weighted by Crippen LogP contribution is 2.76. The first-order valence-electron chi connectivity index (χ1n) is 9.99. The Morgan fingerprint density at radius 3 is 2.83 bits per heavy atom. The van der Waals surface area contributed by atoms with Gasteiger partial charge in [-0.25, -0.2) is 0 Å². The van der Waals surface area contributed by atoms with Crippen LogP contribution in [0.15, 0.2) is 11.6 Å². The topological polar surface area (TPSA) is 37.3 Å². The van der Waals surface area contributed by atoms with Crippen LogP contribution in [0.25, 0.3) is 0 Å². The van der Waals surface area contributed by atoms with Gasteiger partial charge in [0.05, 0.1) is 0 Å². The summed E-state index contributed by atoms with van der Waals surface area (Å²) < 4.78 is 0. The molecule has 4 saturated carbocycles. The van der Waals surface area contributed by atoms with Gasteiger partial charge in [-0.3, -0.25) is 4.79 Å². The molecule has 0 aliphatic heterocycles. The molecule has 0 spiro atoms. The predicted octanol–water partition coefficient (Wildman–Crippen LogP) is 3.74. The van der Waals surface area contributed by atoms with Crippen molar-refractivity contribution in [1.29, 1.82) is 0 Å². The maximum atomic E-state index is 11.8. The van der Waals surface area contributed by atoms with E-state index >= 15 is 0 Å². The highest BCUT2D eigenvalue weighted by molar-refractivity contribution is 5.91. The van der Waals surface area contributed by atoms with Gasteiger partial charge in [0.2, 0.25) is 0 Å². The van der Waals surface area contributed by atoms with Crippen LogP contribution in [0.5, 0.6) is 0 Å². The third kappa shape index (κ3) is 1.61. The number of terminal acetylenes is 1. The molecule has 5 rings (SSSR count). The Morgan fingerprint density at radius 2 is 2.08 bits per heavy atom. The van der Waals surface area contributed by atoms with Gasteiger partial charge in [-0.05, 0) is 80.6 Å². The lowest BCUT2D eigenvalue weighted by molar-refractivity contribution is -0.123. The van der Waals surface area contributed by atoms with Crippen molar-refractivity contribution in [1.82, 2.24) is 0 Å². The zero-order chi connectivity index (χ0) is 16.7. The Hall–Kier alpha value is -1.07. The van der Waals surface area contributed by atoms with Gasteiger partial charge in [-0.2, -0.15) is 0 Å². The van der Waals surface area contributed by atoms with Crippen LogP contribution in [-0.2, 0) is 4.79 Å². The minimum Gasteiger partial charge on any atom is -0.377 e. The third-order valence-electron chi connectivity index (χ3n) is 8.83. The second kappa shape index (κ2) is 4.76. The zero-order valence-electron chi connectivity index (χ0n) is 14.6. The lowest BCUT2D eigenvalue weighted by Crippen LogP contribution is -2.55. The summed E-state index contributed by atoms with van der Waals surface area (Å²) in [6, 6.07) is 0. The summed E-state index contributed by atoms with van der Waals surface area (Å²) >= 11 is 0. The standard InChI is InChI=1S/C22H28O2/c1-3-21-10-9-16-15-8-6-14(23)11-13(15)5-7-17(16)20(21)18-12-19(18)22(21,24)4-2/h2,11,15-20,24H,3,5-10,12H2,1H3/t15-,16+,17+,18?,19-,20+,21-,22-/m0/s1. The molecule has 0 saturated heterocycles. The number of hydrogen-bond donors (Lipinski definition) is 1. The van der Waals surface area contributed by atoms with E-state index in [1.165, 1.54) is 18.4 Å². The van der Waals surface area contributed by atoms with Crippen LogP contribution < -0.4 is 0 Å². The summed E-state index contributed by atoms with van der Waals surface area (Å²) in [7, 11) is 0. The summed E-state index contributed by atoms with van der Waals surface area (Å²) in [5, 5.41) is 11.4. The quantitative estimate of drug-likeness (QED) is 0.746. The normalized spacial score (nSPS) is 54.7. The number of aliphatic hydroxyl groups is 1. The van der Waals surface area contributed by atoms with E-state index in [0.29, 0.717) is 35.4 Å². The van der Waals surface area contributed by atoms with Crippen molar-refractivity contribution in [3.8, 4) is 12.3 Å². The summed E-state index contributed by atoms with van der Waals surface area (Å²) in [5.41, 5.74) is 0.539. The van der Waals surface area contributed by atoms with E-state index < -0.39 is 5.60 Å². The molecule has 2 heteroatoms. The molecule has 1 N–H and O–H groups in total. The number of hydrogen-bond acceptors (Lipinski definition) is 2. The Balaban J connectivity index is 1.53. The molecule has 4 fully saturated rings. The number of fused-ring (bicyclic) bond motifs is 7. The van der Waals surface area contributed by atoms with E-state index in [4.69, 9.17) is 6.42 Å². The van der Waals surface area contributed by atoms with Crippen LogP contribution in [0.4, 0.5) is 0 Å². The van der Waals surface area contributed by atoms with Crippen LogP contribution in [0.1, 0.15) is 58.3 Å². The van der Waals surface area contributed by atoms with Crippen molar-refractivity contribution in [2.24, 2.45) is 40.9 Å². The molecule has 0 radical (unpaired) electrons. The van der Waals surface area contributed by atoms with Crippen LogP contribution in [0.2, 0.25) is 0 Å². The van der Waals surface area contributed by atoms with Gasteiger partial charge in [0.1, 0.15) is 5.60 Å². The second-order valence-electron chi connectivity index (χ2n) is 9.19. The van der Waals surface area contributed by atoms with Crippen molar-refractivity contribution in [2.75, 3.05) is 0 Å². The van der Waals surface area contributed by atoms with E-state index in [1.54, 1.807) is 0 Å².